The molecule has 1 N–H and O–H groups in total. The van der Waals surface area contributed by atoms with E-state index in [2.05, 4.69) is 0 Å². The van der Waals surface area contributed by atoms with Crippen LogP contribution in [0, 0.1) is 15.9 Å². The summed E-state index contributed by atoms with van der Waals surface area (Å²) in [6, 6.07) is 3.14. The zero-order chi connectivity index (χ0) is 12.1. The van der Waals surface area contributed by atoms with Gasteiger partial charge in [0.25, 0.3) is 0 Å². The fourth-order valence-corrected chi connectivity index (χ4v) is 1.05. The van der Waals surface area contributed by atoms with E-state index in [-0.39, 0.29) is 18.2 Å². The molecule has 1 aromatic carbocycles. The molecule has 1 atom stereocenters. The van der Waals surface area contributed by atoms with Gasteiger partial charge in [-0.2, -0.15) is 4.39 Å². The number of hydrogen-bond acceptors (Lipinski definition) is 4. The Labute approximate surface area is 95.6 Å². The fraction of sp³-hybridized carbons (Fsp3) is 0.333. The standard InChI is InChI=1S/C9H9ClFNO4/c10-4-6(13)5-16-7-1-2-9(12(14)15)8(11)3-7/h1-3,6,13H,4-5H2. The van der Waals surface area contributed by atoms with Gasteiger partial charge in [0.15, 0.2) is 0 Å². The lowest BCUT2D eigenvalue weighted by molar-refractivity contribution is -0.387. The molecule has 0 radical (unpaired) electrons. The highest BCUT2D eigenvalue weighted by atomic mass is 35.5. The van der Waals surface area contributed by atoms with Crippen molar-refractivity contribution in [3.8, 4) is 5.75 Å². The summed E-state index contributed by atoms with van der Waals surface area (Å²) in [6.07, 6.45) is -0.861. The molecule has 1 rings (SSSR count). The van der Waals surface area contributed by atoms with Crippen molar-refractivity contribution in [1.82, 2.24) is 0 Å². The summed E-state index contributed by atoms with van der Waals surface area (Å²) in [5.41, 5.74) is -0.620. The van der Waals surface area contributed by atoms with E-state index < -0.39 is 22.5 Å². The van der Waals surface area contributed by atoms with Gasteiger partial charge in [0.05, 0.1) is 10.8 Å². The van der Waals surface area contributed by atoms with E-state index in [9.17, 15) is 14.5 Å². The molecule has 1 unspecified atom stereocenters. The number of ether oxygens (including phenoxy) is 1. The molecule has 0 aliphatic rings. The average Bonchev–Trinajstić information content (AvgIpc) is 2.25. The molecule has 7 heteroatoms. The molecule has 0 spiro atoms. The Balaban J connectivity index is 2.70. The van der Waals surface area contributed by atoms with Crippen molar-refractivity contribution < 1.29 is 19.2 Å². The van der Waals surface area contributed by atoms with Crippen molar-refractivity contribution in [3.63, 3.8) is 0 Å². The molecular formula is C9H9ClFNO4. The second-order valence-corrected chi connectivity index (χ2v) is 3.30. The Bertz CT molecular complexity index is 388. The van der Waals surface area contributed by atoms with Crippen molar-refractivity contribution in [3.05, 3.63) is 34.1 Å². The zero-order valence-corrected chi connectivity index (χ0v) is 8.85. The van der Waals surface area contributed by atoms with Gasteiger partial charge in [0.1, 0.15) is 18.5 Å². The third kappa shape index (κ3) is 3.32. The van der Waals surface area contributed by atoms with Gasteiger partial charge in [-0.05, 0) is 6.07 Å². The molecule has 16 heavy (non-hydrogen) atoms. The van der Waals surface area contributed by atoms with E-state index in [1.165, 1.54) is 6.07 Å². The Kier molecular flexibility index (Phi) is 4.45. The third-order valence-electron chi connectivity index (χ3n) is 1.74. The first-order valence-corrected chi connectivity index (χ1v) is 4.89. The van der Waals surface area contributed by atoms with Crippen LogP contribution in [0.3, 0.4) is 0 Å². The lowest BCUT2D eigenvalue weighted by atomic mass is 10.3. The lowest BCUT2D eigenvalue weighted by Gasteiger charge is -2.09. The maximum atomic E-state index is 13.1. The lowest BCUT2D eigenvalue weighted by Crippen LogP contribution is -2.18. The molecule has 1 aromatic rings. The number of nitro groups is 1. The van der Waals surface area contributed by atoms with Crippen molar-refractivity contribution in [2.75, 3.05) is 12.5 Å². The number of halogens is 2. The summed E-state index contributed by atoms with van der Waals surface area (Å²) in [7, 11) is 0. The van der Waals surface area contributed by atoms with Crippen LogP contribution in [0.25, 0.3) is 0 Å². The van der Waals surface area contributed by atoms with Gasteiger partial charge in [-0.3, -0.25) is 10.1 Å². The molecule has 5 nitrogen and oxygen atoms in total. The van der Waals surface area contributed by atoms with Crippen LogP contribution in [0.4, 0.5) is 10.1 Å². The van der Waals surface area contributed by atoms with Gasteiger partial charge in [0, 0.05) is 12.1 Å². The Morgan fingerprint density at radius 3 is 2.81 bits per heavy atom. The smallest absolute Gasteiger partial charge is 0.305 e. The van der Waals surface area contributed by atoms with Gasteiger partial charge in [0.2, 0.25) is 5.82 Å². The number of hydrogen-bond donors (Lipinski definition) is 1. The first kappa shape index (κ1) is 12.7. The second kappa shape index (κ2) is 5.62. The molecular weight excluding hydrogens is 241 g/mol. The third-order valence-corrected chi connectivity index (χ3v) is 2.09. The van der Waals surface area contributed by atoms with Crippen LogP contribution < -0.4 is 4.74 Å². The van der Waals surface area contributed by atoms with E-state index >= 15 is 0 Å². The quantitative estimate of drug-likeness (QED) is 0.490. The van der Waals surface area contributed by atoms with Crippen molar-refractivity contribution >= 4 is 17.3 Å². The predicted molar refractivity (Wildman–Crippen MR) is 55.3 cm³/mol. The van der Waals surface area contributed by atoms with Crippen LogP contribution in [0.5, 0.6) is 5.75 Å². The molecule has 0 bridgehead atoms. The molecule has 0 amide bonds. The highest BCUT2D eigenvalue weighted by Crippen LogP contribution is 2.22. The number of nitro benzene ring substituents is 1. The van der Waals surface area contributed by atoms with Crippen molar-refractivity contribution in [2.24, 2.45) is 0 Å². The molecule has 0 heterocycles. The molecule has 88 valence electrons. The minimum atomic E-state index is -0.983. The molecule has 0 aliphatic carbocycles. The Morgan fingerprint density at radius 1 is 1.62 bits per heavy atom. The summed E-state index contributed by atoms with van der Waals surface area (Å²) in [5.74, 6) is -0.884. The molecule has 0 fully saturated rings. The van der Waals surface area contributed by atoms with Gasteiger partial charge in [-0.15, -0.1) is 11.6 Å². The SMILES string of the molecule is O=[N+]([O-])c1ccc(OCC(O)CCl)cc1F. The maximum Gasteiger partial charge on any atom is 0.305 e. The first-order chi connectivity index (χ1) is 7.54. The summed E-state index contributed by atoms with van der Waals surface area (Å²) in [4.78, 5) is 9.49. The molecule has 0 aliphatic heterocycles. The Hall–Kier alpha value is -1.40. The minimum absolute atomic E-state index is 0.00450. The fourth-order valence-electron chi connectivity index (χ4n) is 0.962. The van der Waals surface area contributed by atoms with Crippen LogP contribution in [0.15, 0.2) is 18.2 Å². The van der Waals surface area contributed by atoms with Crippen LogP contribution >= 0.6 is 11.6 Å². The highest BCUT2D eigenvalue weighted by Gasteiger charge is 2.14. The zero-order valence-electron chi connectivity index (χ0n) is 8.10. The monoisotopic (exact) mass is 249 g/mol. The van der Waals surface area contributed by atoms with Crippen LogP contribution in [-0.2, 0) is 0 Å². The van der Waals surface area contributed by atoms with E-state index in [0.717, 1.165) is 12.1 Å². The highest BCUT2D eigenvalue weighted by molar-refractivity contribution is 6.18. The topological polar surface area (TPSA) is 72.6 Å². The molecule has 0 saturated carbocycles. The summed E-state index contributed by atoms with van der Waals surface area (Å²) >= 11 is 5.32. The average molecular weight is 250 g/mol. The number of alkyl halides is 1. The molecule has 0 saturated heterocycles. The number of rotatable bonds is 5. The predicted octanol–water partition coefficient (Wildman–Crippen LogP) is 1.71. The number of benzene rings is 1. The van der Waals surface area contributed by atoms with Crippen LogP contribution in [0.1, 0.15) is 0 Å². The van der Waals surface area contributed by atoms with Crippen molar-refractivity contribution in [2.45, 2.75) is 6.10 Å². The molecule has 0 aromatic heterocycles. The normalized spacial score (nSPS) is 12.2. The summed E-state index contributed by atoms with van der Waals surface area (Å²) < 4.78 is 18.1. The first-order valence-electron chi connectivity index (χ1n) is 4.35. The number of aliphatic hydroxyl groups is 1. The van der Waals surface area contributed by atoms with Crippen LogP contribution in [-0.4, -0.2) is 28.6 Å². The van der Waals surface area contributed by atoms with Gasteiger partial charge in [-0.1, -0.05) is 0 Å². The van der Waals surface area contributed by atoms with E-state index in [0.29, 0.717) is 0 Å². The van der Waals surface area contributed by atoms with E-state index in [1.807, 2.05) is 0 Å². The van der Waals surface area contributed by atoms with Gasteiger partial charge < -0.3 is 9.84 Å². The number of nitrogens with zero attached hydrogens (tertiary/aromatic N) is 1. The van der Waals surface area contributed by atoms with Crippen LogP contribution in [0.2, 0.25) is 0 Å². The summed E-state index contributed by atoms with van der Waals surface area (Å²) in [5, 5.41) is 19.4. The largest absolute Gasteiger partial charge is 0.491 e. The number of aliphatic hydroxyl groups excluding tert-OH is 1. The minimum Gasteiger partial charge on any atom is -0.491 e. The van der Waals surface area contributed by atoms with Gasteiger partial charge in [-0.25, -0.2) is 0 Å². The Morgan fingerprint density at radius 2 is 2.31 bits per heavy atom. The maximum absolute atomic E-state index is 13.1. The van der Waals surface area contributed by atoms with E-state index in [1.54, 1.807) is 0 Å². The second-order valence-electron chi connectivity index (χ2n) is 2.99. The van der Waals surface area contributed by atoms with E-state index in [4.69, 9.17) is 21.4 Å². The van der Waals surface area contributed by atoms with Gasteiger partial charge >= 0.3 is 5.69 Å². The summed E-state index contributed by atoms with van der Waals surface area (Å²) in [6.45, 7) is -0.0965. The van der Waals surface area contributed by atoms with Crippen molar-refractivity contribution in [1.29, 1.82) is 0 Å².